The number of ether oxygens (including phenoxy) is 1. The van der Waals surface area contributed by atoms with Crippen molar-refractivity contribution in [1.29, 1.82) is 0 Å². The lowest BCUT2D eigenvalue weighted by molar-refractivity contribution is -0.386. The van der Waals surface area contributed by atoms with Crippen LogP contribution in [0.5, 0.6) is 5.75 Å². The third-order valence-electron chi connectivity index (χ3n) is 2.29. The molecule has 1 aromatic carbocycles. The van der Waals surface area contributed by atoms with Crippen LogP contribution < -0.4 is 4.74 Å². The summed E-state index contributed by atoms with van der Waals surface area (Å²) < 4.78 is 27.9. The molecule has 0 amide bonds. The van der Waals surface area contributed by atoms with Crippen LogP contribution in [0.4, 0.5) is 5.69 Å². The molecule has 6 nitrogen and oxygen atoms in total. The van der Waals surface area contributed by atoms with Crippen molar-refractivity contribution in [2.24, 2.45) is 5.92 Å². The number of nitro groups is 1. The summed E-state index contributed by atoms with van der Waals surface area (Å²) in [4.78, 5) is 9.97. The molecule has 0 radical (unpaired) electrons. The highest BCUT2D eigenvalue weighted by Crippen LogP contribution is 2.33. The third kappa shape index (κ3) is 4.07. The molecule has 0 aliphatic heterocycles. The Balaban J connectivity index is 3.34. The van der Waals surface area contributed by atoms with Crippen LogP contribution in [-0.4, -0.2) is 19.9 Å². The van der Waals surface area contributed by atoms with E-state index < -0.39 is 19.7 Å². The van der Waals surface area contributed by atoms with Gasteiger partial charge in [0, 0.05) is 16.7 Å². The Bertz CT molecular complexity index is 597. The first-order chi connectivity index (χ1) is 8.62. The lowest BCUT2D eigenvalue weighted by Crippen LogP contribution is -2.07. The summed E-state index contributed by atoms with van der Waals surface area (Å²) in [7, 11) is 1.20. The maximum Gasteiger partial charge on any atom is 0.312 e. The fourth-order valence-electron chi connectivity index (χ4n) is 1.43. The fraction of sp³-hybridized carbons (Fsp3) is 0.455. The topological polar surface area (TPSA) is 86.5 Å². The second kappa shape index (κ2) is 5.75. The van der Waals surface area contributed by atoms with E-state index in [2.05, 4.69) is 0 Å². The standard InChI is InChI=1S/C11H14ClNO5S/c1-7(2)6-18-10-4-8(3)11(19(12,16)17)5-9(10)13(14)15/h4-5,7H,6H2,1-3H3. The number of aryl methyl sites for hydroxylation is 1. The van der Waals surface area contributed by atoms with E-state index in [1.165, 1.54) is 13.0 Å². The van der Waals surface area contributed by atoms with E-state index in [0.29, 0.717) is 12.2 Å². The summed E-state index contributed by atoms with van der Waals surface area (Å²) in [5.41, 5.74) is -0.107. The number of nitro benzene ring substituents is 1. The van der Waals surface area contributed by atoms with Crippen molar-refractivity contribution in [3.05, 3.63) is 27.8 Å². The minimum Gasteiger partial charge on any atom is -0.487 e. The summed E-state index contributed by atoms with van der Waals surface area (Å²) in [6, 6.07) is 2.24. The van der Waals surface area contributed by atoms with Crippen molar-refractivity contribution < 1.29 is 18.1 Å². The molecule has 0 saturated heterocycles. The Hall–Kier alpha value is -1.34. The number of nitrogens with zero attached hydrogens (tertiary/aromatic N) is 1. The molecule has 0 bridgehead atoms. The van der Waals surface area contributed by atoms with Gasteiger partial charge in [-0.1, -0.05) is 13.8 Å². The highest BCUT2D eigenvalue weighted by atomic mass is 35.7. The summed E-state index contributed by atoms with van der Waals surface area (Å²) in [5.74, 6) is 0.233. The van der Waals surface area contributed by atoms with E-state index in [-0.39, 0.29) is 16.6 Å². The van der Waals surface area contributed by atoms with Crippen molar-refractivity contribution >= 4 is 25.4 Å². The molecule has 0 fully saturated rings. The molecular weight excluding hydrogens is 294 g/mol. The number of hydrogen-bond acceptors (Lipinski definition) is 5. The minimum absolute atomic E-state index is 0.0419. The van der Waals surface area contributed by atoms with Gasteiger partial charge in [0.25, 0.3) is 9.05 Å². The zero-order valence-electron chi connectivity index (χ0n) is 10.7. The van der Waals surface area contributed by atoms with Gasteiger partial charge in [0.1, 0.15) is 0 Å². The van der Waals surface area contributed by atoms with Gasteiger partial charge in [0.05, 0.1) is 16.4 Å². The van der Waals surface area contributed by atoms with Gasteiger partial charge < -0.3 is 4.74 Å². The summed E-state index contributed by atoms with van der Waals surface area (Å²) in [5, 5.41) is 10.9. The van der Waals surface area contributed by atoms with Gasteiger partial charge in [-0.25, -0.2) is 8.42 Å². The van der Waals surface area contributed by atoms with Crippen LogP contribution in [-0.2, 0) is 9.05 Å². The molecule has 0 spiro atoms. The Kier molecular flexibility index (Phi) is 4.75. The molecule has 8 heteroatoms. The van der Waals surface area contributed by atoms with Gasteiger partial charge in [0.15, 0.2) is 5.75 Å². The highest BCUT2D eigenvalue weighted by molar-refractivity contribution is 8.13. The van der Waals surface area contributed by atoms with Crippen LogP contribution in [0.1, 0.15) is 19.4 Å². The average molecular weight is 308 g/mol. The summed E-state index contributed by atoms with van der Waals surface area (Å²) in [6.45, 7) is 5.60. The second-order valence-corrected chi connectivity index (χ2v) is 7.02. The Morgan fingerprint density at radius 2 is 2.00 bits per heavy atom. The molecular formula is C11H14ClNO5S. The zero-order chi connectivity index (χ0) is 14.8. The maximum absolute atomic E-state index is 11.3. The van der Waals surface area contributed by atoms with E-state index >= 15 is 0 Å². The maximum atomic E-state index is 11.3. The Morgan fingerprint density at radius 3 is 2.42 bits per heavy atom. The number of hydrogen-bond donors (Lipinski definition) is 0. The molecule has 0 aliphatic rings. The molecule has 0 aliphatic carbocycles. The van der Waals surface area contributed by atoms with Crippen LogP contribution in [0.3, 0.4) is 0 Å². The molecule has 1 aromatic rings. The predicted molar refractivity (Wildman–Crippen MR) is 71.2 cm³/mol. The molecule has 0 heterocycles. The Morgan fingerprint density at radius 1 is 1.42 bits per heavy atom. The van der Waals surface area contributed by atoms with E-state index in [1.54, 1.807) is 0 Å². The van der Waals surface area contributed by atoms with Gasteiger partial charge in [0.2, 0.25) is 0 Å². The summed E-state index contributed by atoms with van der Waals surface area (Å²) >= 11 is 0. The molecule has 0 unspecified atom stereocenters. The lowest BCUT2D eigenvalue weighted by atomic mass is 10.2. The van der Waals surface area contributed by atoms with Crippen LogP contribution in [0.2, 0.25) is 0 Å². The van der Waals surface area contributed by atoms with Gasteiger partial charge in [-0.05, 0) is 24.5 Å². The molecule has 0 atom stereocenters. The van der Waals surface area contributed by atoms with Gasteiger partial charge in [-0.2, -0.15) is 0 Å². The smallest absolute Gasteiger partial charge is 0.312 e. The molecule has 106 valence electrons. The molecule has 1 rings (SSSR count). The van der Waals surface area contributed by atoms with Gasteiger partial charge in [-0.3, -0.25) is 10.1 Å². The van der Waals surface area contributed by atoms with Crippen molar-refractivity contribution in [1.82, 2.24) is 0 Å². The molecule has 0 saturated carbocycles. The minimum atomic E-state index is -4.03. The monoisotopic (exact) mass is 307 g/mol. The van der Waals surface area contributed by atoms with Crippen LogP contribution in [0, 0.1) is 23.0 Å². The number of benzene rings is 1. The van der Waals surface area contributed by atoms with Crippen LogP contribution in [0.15, 0.2) is 17.0 Å². The van der Waals surface area contributed by atoms with Gasteiger partial charge >= 0.3 is 5.69 Å². The van der Waals surface area contributed by atoms with E-state index in [9.17, 15) is 18.5 Å². The predicted octanol–water partition coefficient (Wildman–Crippen LogP) is 2.87. The second-order valence-electron chi connectivity index (χ2n) is 4.49. The first-order valence-corrected chi connectivity index (χ1v) is 7.80. The fourth-order valence-corrected chi connectivity index (χ4v) is 2.62. The number of halogens is 1. The lowest BCUT2D eigenvalue weighted by Gasteiger charge is -2.11. The molecule has 0 N–H and O–H groups in total. The van der Waals surface area contributed by atoms with E-state index in [0.717, 1.165) is 6.07 Å². The largest absolute Gasteiger partial charge is 0.487 e. The third-order valence-corrected chi connectivity index (χ3v) is 3.75. The first kappa shape index (κ1) is 15.7. The van der Waals surface area contributed by atoms with Gasteiger partial charge in [-0.15, -0.1) is 0 Å². The van der Waals surface area contributed by atoms with Crippen molar-refractivity contribution in [2.45, 2.75) is 25.7 Å². The SMILES string of the molecule is Cc1cc(OCC(C)C)c([N+](=O)[O-])cc1S(=O)(=O)Cl. The quantitative estimate of drug-likeness (QED) is 0.474. The van der Waals surface area contributed by atoms with Crippen molar-refractivity contribution in [2.75, 3.05) is 6.61 Å². The summed E-state index contributed by atoms with van der Waals surface area (Å²) in [6.07, 6.45) is 0. The molecule has 19 heavy (non-hydrogen) atoms. The highest BCUT2D eigenvalue weighted by Gasteiger charge is 2.23. The van der Waals surface area contributed by atoms with E-state index in [4.69, 9.17) is 15.4 Å². The van der Waals surface area contributed by atoms with Crippen molar-refractivity contribution in [3.8, 4) is 5.75 Å². The van der Waals surface area contributed by atoms with Crippen LogP contribution in [0.25, 0.3) is 0 Å². The average Bonchev–Trinajstić information content (AvgIpc) is 2.23. The number of rotatable bonds is 5. The first-order valence-electron chi connectivity index (χ1n) is 5.49. The zero-order valence-corrected chi connectivity index (χ0v) is 12.3. The normalized spacial score (nSPS) is 11.6. The van der Waals surface area contributed by atoms with E-state index in [1.807, 2.05) is 13.8 Å². The Labute approximate surface area is 115 Å². The molecule has 0 aromatic heterocycles. The van der Waals surface area contributed by atoms with Crippen LogP contribution >= 0.6 is 10.7 Å². The van der Waals surface area contributed by atoms with Crippen molar-refractivity contribution in [3.63, 3.8) is 0 Å².